The number of hydrogen-bond acceptors (Lipinski definition) is 9. The molecule has 4 rings (SSSR count). The molecule has 4 N–H and O–H groups in total. The van der Waals surface area contributed by atoms with E-state index in [1.807, 2.05) is 30.3 Å². The predicted molar refractivity (Wildman–Crippen MR) is 175 cm³/mol. The van der Waals surface area contributed by atoms with Crippen LogP contribution in [-0.2, 0) is 48.2 Å². The number of amides is 4. The van der Waals surface area contributed by atoms with Crippen LogP contribution in [0.3, 0.4) is 0 Å². The van der Waals surface area contributed by atoms with Crippen LogP contribution in [0.2, 0.25) is 0 Å². The first-order valence-electron chi connectivity index (χ1n) is 17.1. The molecular formula is C34H49N7O7. The largest absolute Gasteiger partial charge is 0.467 e. The van der Waals surface area contributed by atoms with Gasteiger partial charge in [-0.15, -0.1) is 5.10 Å². The van der Waals surface area contributed by atoms with Gasteiger partial charge in [-0.3, -0.25) is 19.1 Å². The van der Waals surface area contributed by atoms with Crippen LogP contribution in [0.5, 0.6) is 0 Å². The summed E-state index contributed by atoms with van der Waals surface area (Å²) in [5.74, 6) is -1.88. The van der Waals surface area contributed by atoms with Gasteiger partial charge in [-0.25, -0.2) is 9.59 Å². The quantitative estimate of drug-likeness (QED) is 0.337. The average Bonchev–Trinajstić information content (AvgIpc) is 3.55. The molecule has 0 spiro atoms. The molecule has 1 aliphatic heterocycles. The normalized spacial score (nSPS) is 22.6. The summed E-state index contributed by atoms with van der Waals surface area (Å²) in [5, 5.41) is 19.5. The number of rotatable bonds is 6. The molecule has 2 aromatic rings. The van der Waals surface area contributed by atoms with E-state index in [0.29, 0.717) is 25.2 Å². The number of methoxy groups -OCH3 is 1. The minimum absolute atomic E-state index is 0.0108. The van der Waals surface area contributed by atoms with Crippen LogP contribution in [0, 0.1) is 5.92 Å². The van der Waals surface area contributed by atoms with E-state index in [4.69, 9.17) is 9.47 Å². The number of nitrogens with zero attached hydrogens (tertiary/aromatic N) is 3. The molecule has 1 aromatic heterocycles. The molecule has 1 fully saturated rings. The Labute approximate surface area is 281 Å². The Hall–Kier alpha value is -4.49. The maximum absolute atomic E-state index is 13.9. The van der Waals surface area contributed by atoms with E-state index in [-0.39, 0.29) is 37.7 Å². The number of nitrogens with one attached hydrogen (secondary N) is 4. The first kappa shape index (κ1) is 36.3. The SMILES string of the molecule is COC(=O)[C@@H]1CCC(=O)NCCCCCCn2cc(nn2)C[C@H](NC(=O)OCc2ccccc2)C(=O)N[C@@H](CC2CCCCC2)C(=O)N1. The molecule has 0 saturated heterocycles. The molecule has 1 aromatic carbocycles. The van der Waals surface area contributed by atoms with E-state index in [9.17, 15) is 24.0 Å². The van der Waals surface area contributed by atoms with Crippen LogP contribution < -0.4 is 21.3 Å². The Morgan fingerprint density at radius 3 is 2.46 bits per heavy atom. The minimum Gasteiger partial charge on any atom is -0.467 e. The summed E-state index contributed by atoms with van der Waals surface area (Å²) in [6.07, 6.45) is 9.85. The summed E-state index contributed by atoms with van der Waals surface area (Å²) in [6.45, 7) is 1.15. The van der Waals surface area contributed by atoms with Gasteiger partial charge in [-0.05, 0) is 37.2 Å². The molecule has 0 unspecified atom stereocenters. The summed E-state index contributed by atoms with van der Waals surface area (Å²) in [4.78, 5) is 65.8. The van der Waals surface area contributed by atoms with Crippen molar-refractivity contribution in [3.05, 3.63) is 47.8 Å². The van der Waals surface area contributed by atoms with Crippen LogP contribution >= 0.6 is 0 Å². The van der Waals surface area contributed by atoms with Gasteiger partial charge in [-0.2, -0.15) is 0 Å². The maximum atomic E-state index is 13.9. The van der Waals surface area contributed by atoms with Gasteiger partial charge in [-0.1, -0.05) is 80.5 Å². The zero-order valence-electron chi connectivity index (χ0n) is 27.8. The Balaban J connectivity index is 1.56. The van der Waals surface area contributed by atoms with E-state index < -0.39 is 42.0 Å². The van der Waals surface area contributed by atoms with Gasteiger partial charge in [0.15, 0.2) is 0 Å². The Kier molecular flexibility index (Phi) is 14.7. The Bertz CT molecular complexity index is 1350. The number of alkyl carbamates (subject to hydrolysis) is 1. The lowest BCUT2D eigenvalue weighted by atomic mass is 9.84. The van der Waals surface area contributed by atoms with Crippen LogP contribution in [0.1, 0.15) is 88.3 Å². The Morgan fingerprint density at radius 1 is 0.938 bits per heavy atom. The third-order valence-corrected chi connectivity index (χ3v) is 8.85. The highest BCUT2D eigenvalue weighted by Gasteiger charge is 2.33. The molecule has 262 valence electrons. The molecule has 1 saturated carbocycles. The monoisotopic (exact) mass is 667 g/mol. The van der Waals surface area contributed by atoms with Gasteiger partial charge in [0.05, 0.1) is 12.8 Å². The van der Waals surface area contributed by atoms with E-state index in [0.717, 1.165) is 63.4 Å². The number of ether oxygens (including phenoxy) is 2. The number of benzene rings is 1. The summed E-state index contributed by atoms with van der Waals surface area (Å²) in [5.41, 5.74) is 1.28. The first-order valence-corrected chi connectivity index (χ1v) is 17.1. The second-order valence-electron chi connectivity index (χ2n) is 12.6. The van der Waals surface area contributed by atoms with Gasteiger partial charge in [0.25, 0.3) is 0 Å². The van der Waals surface area contributed by atoms with Crippen LogP contribution in [0.15, 0.2) is 36.5 Å². The Morgan fingerprint density at radius 2 is 1.69 bits per heavy atom. The van der Waals surface area contributed by atoms with E-state index in [1.54, 1.807) is 10.9 Å². The lowest BCUT2D eigenvalue weighted by molar-refractivity contribution is -0.145. The second kappa shape index (κ2) is 19.4. The summed E-state index contributed by atoms with van der Waals surface area (Å²) < 4.78 is 12.0. The fourth-order valence-electron chi connectivity index (χ4n) is 6.13. The van der Waals surface area contributed by atoms with Gasteiger partial charge in [0.1, 0.15) is 24.7 Å². The third-order valence-electron chi connectivity index (χ3n) is 8.85. The maximum Gasteiger partial charge on any atom is 0.408 e. The standard InChI is InChI=1S/C34H49N7O7/c1-47-33(45)27-16-17-30(42)35-18-10-2-3-11-19-41-22-26(39-40-41)21-29(38-34(46)48-23-25-14-8-5-9-15-25)32(44)37-28(31(43)36-27)20-24-12-6-4-7-13-24/h5,8-9,14-15,22,24,27-29H,2-4,6-7,10-13,16-21,23H2,1H3,(H,35,42)(H,36,43)(H,37,44)(H,38,46)/t27-,28-,29-/m0/s1. The molecule has 14 heteroatoms. The van der Waals surface area contributed by atoms with Gasteiger partial charge >= 0.3 is 12.1 Å². The van der Waals surface area contributed by atoms with Crippen LogP contribution in [-0.4, -0.2) is 76.6 Å². The van der Waals surface area contributed by atoms with E-state index in [2.05, 4.69) is 31.6 Å². The topological polar surface area (TPSA) is 183 Å². The lowest BCUT2D eigenvalue weighted by Gasteiger charge is -2.29. The van der Waals surface area contributed by atoms with Gasteiger partial charge in [0.2, 0.25) is 17.7 Å². The fourth-order valence-corrected chi connectivity index (χ4v) is 6.13. The highest BCUT2D eigenvalue weighted by Crippen LogP contribution is 2.27. The van der Waals surface area contributed by atoms with E-state index >= 15 is 0 Å². The van der Waals surface area contributed by atoms with Crippen molar-refractivity contribution in [2.24, 2.45) is 5.92 Å². The zero-order valence-corrected chi connectivity index (χ0v) is 27.8. The lowest BCUT2D eigenvalue weighted by Crippen LogP contribution is -2.57. The number of fused-ring (bicyclic) bond motifs is 2. The number of aromatic nitrogens is 3. The van der Waals surface area contributed by atoms with Crippen molar-refractivity contribution in [3.63, 3.8) is 0 Å². The first-order chi connectivity index (χ1) is 23.3. The number of aryl methyl sites for hydroxylation is 1. The van der Waals surface area contributed by atoms with Crippen molar-refractivity contribution in [2.45, 2.75) is 115 Å². The van der Waals surface area contributed by atoms with Crippen molar-refractivity contribution < 1.29 is 33.4 Å². The molecule has 3 atom stereocenters. The fraction of sp³-hybridized carbons (Fsp3) is 0.618. The molecule has 48 heavy (non-hydrogen) atoms. The van der Waals surface area contributed by atoms with Crippen molar-refractivity contribution in [1.29, 1.82) is 0 Å². The van der Waals surface area contributed by atoms with Crippen molar-refractivity contribution in [3.8, 4) is 0 Å². The summed E-state index contributed by atoms with van der Waals surface area (Å²) in [7, 11) is 1.22. The number of carbonyl (C=O) groups excluding carboxylic acids is 5. The molecular weight excluding hydrogens is 618 g/mol. The zero-order chi connectivity index (χ0) is 34.1. The van der Waals surface area contributed by atoms with E-state index in [1.165, 1.54) is 7.11 Å². The summed E-state index contributed by atoms with van der Waals surface area (Å²) >= 11 is 0. The van der Waals surface area contributed by atoms with Crippen molar-refractivity contribution >= 4 is 29.8 Å². The second-order valence-corrected chi connectivity index (χ2v) is 12.6. The number of hydrogen-bond donors (Lipinski definition) is 4. The molecule has 2 heterocycles. The molecule has 1 aliphatic carbocycles. The number of carbonyl (C=O) groups is 5. The summed E-state index contributed by atoms with van der Waals surface area (Å²) in [6, 6.07) is 5.96. The average molecular weight is 668 g/mol. The van der Waals surface area contributed by atoms with Crippen LogP contribution in [0.4, 0.5) is 4.79 Å². The minimum atomic E-state index is -1.13. The van der Waals surface area contributed by atoms with Crippen molar-refractivity contribution in [1.82, 2.24) is 36.3 Å². The highest BCUT2D eigenvalue weighted by atomic mass is 16.5. The highest BCUT2D eigenvalue weighted by molar-refractivity contribution is 5.93. The molecule has 14 nitrogen and oxygen atoms in total. The van der Waals surface area contributed by atoms with Gasteiger partial charge < -0.3 is 30.7 Å². The predicted octanol–water partition coefficient (Wildman–Crippen LogP) is 2.70. The third kappa shape index (κ3) is 12.3. The molecule has 4 amide bonds. The molecule has 2 aliphatic rings. The van der Waals surface area contributed by atoms with Crippen LogP contribution in [0.25, 0.3) is 0 Å². The molecule has 0 radical (unpaired) electrons. The van der Waals surface area contributed by atoms with Gasteiger partial charge in [0, 0.05) is 32.1 Å². The smallest absolute Gasteiger partial charge is 0.408 e. The molecule has 2 bridgehead atoms. The number of esters is 1. The van der Waals surface area contributed by atoms with Crippen molar-refractivity contribution in [2.75, 3.05) is 13.7 Å².